The Morgan fingerprint density at radius 1 is 1.40 bits per heavy atom. The van der Waals surface area contributed by atoms with Crippen LogP contribution >= 0.6 is 10.7 Å². The monoisotopic (exact) mass is 317 g/mol. The number of carbonyl (C=O) groups excluding carboxylic acids is 1. The zero-order valence-corrected chi connectivity index (χ0v) is 12.6. The summed E-state index contributed by atoms with van der Waals surface area (Å²) in [6, 6.07) is 6.10. The van der Waals surface area contributed by atoms with Gasteiger partial charge in [0.1, 0.15) is 0 Å². The highest BCUT2D eigenvalue weighted by Gasteiger charge is 2.30. The standard InChI is InChI=1S/C13H16ClNO4S/c1-9-12(6-7-19-9)13(16)15-8-10-2-4-11(5-3-10)20(14,17)18/h2-5,9,12H,6-8H2,1H3,(H,15,16). The SMILES string of the molecule is CC1OCCC1C(=O)NCc1ccc(S(=O)(=O)Cl)cc1. The van der Waals surface area contributed by atoms with Gasteiger partial charge in [-0.3, -0.25) is 4.79 Å². The minimum atomic E-state index is -3.70. The molecule has 0 spiro atoms. The minimum absolute atomic E-state index is 0.0379. The second kappa shape index (κ2) is 6.11. The molecule has 2 rings (SSSR count). The van der Waals surface area contributed by atoms with Crippen LogP contribution in [0.5, 0.6) is 0 Å². The lowest BCUT2D eigenvalue weighted by atomic mass is 10.0. The van der Waals surface area contributed by atoms with E-state index >= 15 is 0 Å². The van der Waals surface area contributed by atoms with E-state index in [0.29, 0.717) is 13.2 Å². The smallest absolute Gasteiger partial charge is 0.261 e. The molecule has 1 aliphatic rings. The van der Waals surface area contributed by atoms with Gasteiger partial charge < -0.3 is 10.1 Å². The van der Waals surface area contributed by atoms with Crippen molar-refractivity contribution in [2.24, 2.45) is 5.92 Å². The largest absolute Gasteiger partial charge is 0.378 e. The van der Waals surface area contributed by atoms with Crippen LogP contribution in [0.2, 0.25) is 0 Å². The Balaban J connectivity index is 1.93. The number of benzene rings is 1. The molecule has 1 heterocycles. The van der Waals surface area contributed by atoms with Gasteiger partial charge in [-0.25, -0.2) is 8.42 Å². The van der Waals surface area contributed by atoms with Crippen molar-refractivity contribution in [3.05, 3.63) is 29.8 Å². The van der Waals surface area contributed by atoms with Gasteiger partial charge in [-0.15, -0.1) is 0 Å². The molecule has 1 aromatic rings. The maximum atomic E-state index is 11.9. The fraction of sp³-hybridized carbons (Fsp3) is 0.462. The molecule has 20 heavy (non-hydrogen) atoms. The maximum Gasteiger partial charge on any atom is 0.261 e. The molecule has 7 heteroatoms. The summed E-state index contributed by atoms with van der Waals surface area (Å²) >= 11 is 0. The number of hydrogen-bond acceptors (Lipinski definition) is 4. The average molecular weight is 318 g/mol. The van der Waals surface area contributed by atoms with Gasteiger partial charge >= 0.3 is 0 Å². The van der Waals surface area contributed by atoms with Gasteiger partial charge in [-0.05, 0) is 31.0 Å². The highest BCUT2D eigenvalue weighted by Crippen LogP contribution is 2.20. The quantitative estimate of drug-likeness (QED) is 0.857. The molecule has 0 radical (unpaired) electrons. The lowest BCUT2D eigenvalue weighted by Crippen LogP contribution is -2.33. The van der Waals surface area contributed by atoms with Crippen molar-refractivity contribution >= 4 is 25.6 Å². The number of amides is 1. The third-order valence-corrected chi connectivity index (χ3v) is 4.75. The summed E-state index contributed by atoms with van der Waals surface area (Å²) < 4.78 is 27.6. The second-order valence-corrected chi connectivity index (χ2v) is 7.34. The van der Waals surface area contributed by atoms with Crippen LogP contribution in [-0.2, 0) is 25.1 Å². The zero-order chi connectivity index (χ0) is 14.8. The average Bonchev–Trinajstić information content (AvgIpc) is 2.82. The molecule has 1 aliphatic heterocycles. The summed E-state index contributed by atoms with van der Waals surface area (Å²) in [5.41, 5.74) is 0.814. The van der Waals surface area contributed by atoms with Crippen LogP contribution < -0.4 is 5.32 Å². The van der Waals surface area contributed by atoms with Gasteiger partial charge in [0.2, 0.25) is 5.91 Å². The summed E-state index contributed by atoms with van der Waals surface area (Å²) in [5, 5.41) is 2.83. The Hall–Kier alpha value is -1.11. The van der Waals surface area contributed by atoms with Crippen LogP contribution in [0.3, 0.4) is 0 Å². The van der Waals surface area contributed by atoms with Gasteiger partial charge in [0.25, 0.3) is 9.05 Å². The van der Waals surface area contributed by atoms with Gasteiger partial charge in [-0.2, -0.15) is 0 Å². The summed E-state index contributed by atoms with van der Waals surface area (Å²) in [7, 11) is 1.53. The van der Waals surface area contributed by atoms with Crippen LogP contribution in [0, 0.1) is 5.92 Å². The summed E-state index contributed by atoms with van der Waals surface area (Å²) in [4.78, 5) is 12.0. The third kappa shape index (κ3) is 3.71. The van der Waals surface area contributed by atoms with E-state index in [0.717, 1.165) is 12.0 Å². The lowest BCUT2D eigenvalue weighted by Gasteiger charge is -2.14. The van der Waals surface area contributed by atoms with E-state index in [1.54, 1.807) is 12.1 Å². The first-order valence-electron chi connectivity index (χ1n) is 6.31. The van der Waals surface area contributed by atoms with Crippen molar-refractivity contribution in [2.45, 2.75) is 30.9 Å². The highest BCUT2D eigenvalue weighted by atomic mass is 35.7. The van der Waals surface area contributed by atoms with Crippen LogP contribution in [0.25, 0.3) is 0 Å². The molecule has 0 bridgehead atoms. The second-order valence-electron chi connectivity index (χ2n) is 4.77. The molecule has 2 unspecified atom stereocenters. The maximum absolute atomic E-state index is 11.9. The summed E-state index contributed by atoms with van der Waals surface area (Å²) in [6.45, 7) is 2.85. The van der Waals surface area contributed by atoms with E-state index in [4.69, 9.17) is 15.4 Å². The predicted molar refractivity (Wildman–Crippen MR) is 74.8 cm³/mol. The van der Waals surface area contributed by atoms with E-state index in [2.05, 4.69) is 5.32 Å². The van der Waals surface area contributed by atoms with Crippen molar-refractivity contribution in [2.75, 3.05) is 6.61 Å². The van der Waals surface area contributed by atoms with Crippen molar-refractivity contribution in [1.82, 2.24) is 5.32 Å². The molecule has 0 saturated carbocycles. The van der Waals surface area contributed by atoms with Gasteiger partial charge in [0.05, 0.1) is 16.9 Å². The van der Waals surface area contributed by atoms with E-state index < -0.39 is 9.05 Å². The summed E-state index contributed by atoms with van der Waals surface area (Å²) in [6.07, 6.45) is 0.676. The Kier molecular flexibility index (Phi) is 4.67. The molecule has 0 aliphatic carbocycles. The number of halogens is 1. The molecule has 1 N–H and O–H groups in total. The topological polar surface area (TPSA) is 72.5 Å². The van der Waals surface area contributed by atoms with Gasteiger partial charge in [0.15, 0.2) is 0 Å². The first-order chi connectivity index (χ1) is 9.38. The van der Waals surface area contributed by atoms with Crippen molar-refractivity contribution in [3.8, 4) is 0 Å². The van der Waals surface area contributed by atoms with Crippen molar-refractivity contribution in [3.63, 3.8) is 0 Å². The zero-order valence-electron chi connectivity index (χ0n) is 11.0. The normalized spacial score (nSPS) is 22.7. The first-order valence-corrected chi connectivity index (χ1v) is 8.62. The number of rotatable bonds is 4. The Bertz CT molecular complexity index is 585. The lowest BCUT2D eigenvalue weighted by molar-refractivity contribution is -0.126. The van der Waals surface area contributed by atoms with E-state index in [9.17, 15) is 13.2 Å². The number of ether oxygens (including phenoxy) is 1. The molecular formula is C13H16ClNO4S. The predicted octanol–water partition coefficient (Wildman–Crippen LogP) is 1.66. The van der Waals surface area contributed by atoms with Crippen LogP contribution in [0.4, 0.5) is 0 Å². The highest BCUT2D eigenvalue weighted by molar-refractivity contribution is 8.13. The van der Waals surface area contributed by atoms with Crippen LogP contribution in [-0.4, -0.2) is 27.0 Å². The molecular weight excluding hydrogens is 302 g/mol. The Morgan fingerprint density at radius 3 is 2.55 bits per heavy atom. The molecule has 1 fully saturated rings. The van der Waals surface area contributed by atoms with Crippen LogP contribution in [0.1, 0.15) is 18.9 Å². The number of nitrogens with one attached hydrogen (secondary N) is 1. The molecule has 110 valence electrons. The molecule has 5 nitrogen and oxygen atoms in total. The van der Waals surface area contributed by atoms with Crippen molar-refractivity contribution in [1.29, 1.82) is 0 Å². The molecule has 0 aromatic heterocycles. The first kappa shape index (κ1) is 15.3. The Labute approximate surface area is 122 Å². The van der Waals surface area contributed by atoms with E-state index in [1.807, 2.05) is 6.92 Å². The van der Waals surface area contributed by atoms with Gasteiger partial charge in [-0.1, -0.05) is 12.1 Å². The third-order valence-electron chi connectivity index (χ3n) is 3.38. The molecule has 1 aromatic carbocycles. The number of carbonyl (C=O) groups is 1. The Morgan fingerprint density at radius 2 is 2.05 bits per heavy atom. The summed E-state index contributed by atoms with van der Waals surface area (Å²) in [5.74, 6) is -0.151. The van der Waals surface area contributed by atoms with Gasteiger partial charge in [0, 0.05) is 23.8 Å². The van der Waals surface area contributed by atoms with E-state index in [1.165, 1.54) is 12.1 Å². The van der Waals surface area contributed by atoms with Crippen molar-refractivity contribution < 1.29 is 17.9 Å². The van der Waals surface area contributed by atoms with Crippen LogP contribution in [0.15, 0.2) is 29.2 Å². The molecule has 1 amide bonds. The fourth-order valence-electron chi connectivity index (χ4n) is 2.17. The fourth-order valence-corrected chi connectivity index (χ4v) is 2.94. The number of hydrogen-bond donors (Lipinski definition) is 1. The molecule has 1 saturated heterocycles. The van der Waals surface area contributed by atoms with E-state index in [-0.39, 0.29) is 22.8 Å². The minimum Gasteiger partial charge on any atom is -0.378 e. The molecule has 2 atom stereocenters.